The number of nitrogens with one attached hydrogen (secondary N) is 1. The van der Waals surface area contributed by atoms with E-state index >= 15 is 0 Å². The quantitative estimate of drug-likeness (QED) is 0.803. The fourth-order valence-electron chi connectivity index (χ4n) is 4.19. The number of nitrogens with zero attached hydrogens (tertiary/aromatic N) is 1. The van der Waals surface area contributed by atoms with Gasteiger partial charge in [-0.2, -0.15) is 0 Å². The van der Waals surface area contributed by atoms with Crippen LogP contribution in [-0.4, -0.2) is 49.3 Å². The average molecular weight is 238 g/mol. The van der Waals surface area contributed by atoms with Crippen molar-refractivity contribution in [3.05, 3.63) is 0 Å². The van der Waals surface area contributed by atoms with Gasteiger partial charge in [0.2, 0.25) is 0 Å². The fourth-order valence-corrected chi connectivity index (χ4v) is 4.19. The molecule has 0 aromatic heterocycles. The Labute approximate surface area is 105 Å². The Kier molecular flexibility index (Phi) is 3.42. The van der Waals surface area contributed by atoms with Crippen molar-refractivity contribution in [1.82, 2.24) is 10.2 Å². The summed E-state index contributed by atoms with van der Waals surface area (Å²) in [6.45, 7) is 9.18. The van der Waals surface area contributed by atoms with E-state index in [9.17, 15) is 0 Å². The van der Waals surface area contributed by atoms with Gasteiger partial charge in [-0.25, -0.2) is 0 Å². The van der Waals surface area contributed by atoms with Gasteiger partial charge >= 0.3 is 0 Å². The zero-order chi connectivity index (χ0) is 11.8. The number of ether oxygens (including phenoxy) is 1. The van der Waals surface area contributed by atoms with Crippen molar-refractivity contribution in [2.75, 3.05) is 26.2 Å². The number of hydrogen-bond donors (Lipinski definition) is 1. The second-order valence-electron chi connectivity index (χ2n) is 5.96. The summed E-state index contributed by atoms with van der Waals surface area (Å²) in [5, 5.41) is 3.56. The second-order valence-corrected chi connectivity index (χ2v) is 5.96. The van der Waals surface area contributed by atoms with Gasteiger partial charge in [-0.15, -0.1) is 0 Å². The highest BCUT2D eigenvalue weighted by molar-refractivity contribution is 5.02. The second kappa shape index (κ2) is 4.87. The third-order valence-electron chi connectivity index (χ3n) is 5.12. The molecule has 0 amide bonds. The number of likely N-dealkylation sites (tertiary alicyclic amines) is 1. The first kappa shape index (κ1) is 11.9. The van der Waals surface area contributed by atoms with Crippen LogP contribution in [0, 0.1) is 11.8 Å². The lowest BCUT2D eigenvalue weighted by molar-refractivity contribution is -0.0524. The maximum atomic E-state index is 5.69. The molecule has 0 aromatic carbocycles. The maximum Gasteiger partial charge on any atom is 0.0604 e. The molecular formula is C14H26N2O. The van der Waals surface area contributed by atoms with Crippen molar-refractivity contribution in [2.24, 2.45) is 11.8 Å². The van der Waals surface area contributed by atoms with Crippen LogP contribution in [0.2, 0.25) is 0 Å². The van der Waals surface area contributed by atoms with E-state index < -0.39 is 0 Å². The lowest BCUT2D eigenvalue weighted by Crippen LogP contribution is -2.51. The summed E-state index contributed by atoms with van der Waals surface area (Å²) in [5.41, 5.74) is 0. The van der Waals surface area contributed by atoms with E-state index in [4.69, 9.17) is 4.74 Å². The summed E-state index contributed by atoms with van der Waals surface area (Å²) in [6.07, 6.45) is 4.42. The summed E-state index contributed by atoms with van der Waals surface area (Å²) in [6, 6.07) is 1.66. The maximum absolute atomic E-state index is 5.69. The molecule has 1 saturated carbocycles. The van der Waals surface area contributed by atoms with Gasteiger partial charge in [0, 0.05) is 25.2 Å². The zero-order valence-electron chi connectivity index (χ0n) is 11.2. The molecule has 3 atom stereocenters. The highest BCUT2D eigenvalue weighted by atomic mass is 16.5. The molecule has 17 heavy (non-hydrogen) atoms. The molecule has 3 heteroatoms. The Bertz CT molecular complexity index is 265. The summed E-state index contributed by atoms with van der Waals surface area (Å²) >= 11 is 0. The van der Waals surface area contributed by atoms with Crippen molar-refractivity contribution >= 4 is 0 Å². The van der Waals surface area contributed by atoms with Crippen LogP contribution in [0.4, 0.5) is 0 Å². The number of fused-ring (bicyclic) bond motifs is 1. The van der Waals surface area contributed by atoms with E-state index in [1.54, 1.807) is 0 Å². The summed E-state index contributed by atoms with van der Waals surface area (Å²) in [7, 11) is 0. The molecule has 3 unspecified atom stereocenters. The predicted octanol–water partition coefficient (Wildman–Crippen LogP) is 1.48. The molecule has 0 radical (unpaired) electrons. The highest BCUT2D eigenvalue weighted by Crippen LogP contribution is 2.40. The van der Waals surface area contributed by atoms with Crippen molar-refractivity contribution in [3.8, 4) is 0 Å². The van der Waals surface area contributed by atoms with Crippen molar-refractivity contribution in [2.45, 2.75) is 51.3 Å². The molecule has 1 N–H and O–H groups in total. The molecular weight excluding hydrogens is 212 g/mol. The number of rotatable bonds is 4. The molecule has 3 aliphatic rings. The first-order valence-electron chi connectivity index (χ1n) is 7.41. The van der Waals surface area contributed by atoms with Crippen LogP contribution in [0.1, 0.15) is 33.1 Å². The third kappa shape index (κ3) is 2.02. The van der Waals surface area contributed by atoms with Crippen molar-refractivity contribution in [3.63, 3.8) is 0 Å². The minimum atomic E-state index is 0.557. The van der Waals surface area contributed by atoms with E-state index in [0.717, 1.165) is 30.5 Å². The molecule has 0 bridgehead atoms. The standard InChI is InChI=1S/C14H26N2O/c1-3-14-13-8-15-7-10(13)9-16(14)11-5-12(6-11)17-4-2/h10-15H,3-9H2,1-2H3. The van der Waals surface area contributed by atoms with Gasteiger partial charge < -0.3 is 10.1 Å². The van der Waals surface area contributed by atoms with Crippen LogP contribution in [0.15, 0.2) is 0 Å². The van der Waals surface area contributed by atoms with Crippen molar-refractivity contribution < 1.29 is 4.74 Å². The lowest BCUT2D eigenvalue weighted by atomic mass is 9.86. The number of hydrogen-bond acceptors (Lipinski definition) is 3. The van der Waals surface area contributed by atoms with Gasteiger partial charge in [0.1, 0.15) is 0 Å². The van der Waals surface area contributed by atoms with Crippen LogP contribution in [0.25, 0.3) is 0 Å². The molecule has 2 saturated heterocycles. The SMILES string of the molecule is CCOC1CC(N2CC3CNCC3C2CC)C1. The van der Waals surface area contributed by atoms with Crippen LogP contribution in [0.5, 0.6) is 0 Å². The van der Waals surface area contributed by atoms with Crippen LogP contribution >= 0.6 is 0 Å². The minimum Gasteiger partial charge on any atom is -0.378 e. The highest BCUT2D eigenvalue weighted by Gasteiger charge is 2.48. The Morgan fingerprint density at radius 3 is 2.76 bits per heavy atom. The van der Waals surface area contributed by atoms with E-state index in [0.29, 0.717) is 6.10 Å². The first-order chi connectivity index (χ1) is 8.33. The minimum absolute atomic E-state index is 0.557. The summed E-state index contributed by atoms with van der Waals surface area (Å²) in [5.74, 6) is 1.84. The van der Waals surface area contributed by atoms with Crippen LogP contribution in [-0.2, 0) is 4.74 Å². The van der Waals surface area contributed by atoms with E-state index in [2.05, 4.69) is 24.1 Å². The topological polar surface area (TPSA) is 24.5 Å². The predicted molar refractivity (Wildman–Crippen MR) is 69.1 cm³/mol. The molecule has 2 heterocycles. The average Bonchev–Trinajstić information content (AvgIpc) is 2.81. The fraction of sp³-hybridized carbons (Fsp3) is 1.00. The Balaban J connectivity index is 1.57. The largest absolute Gasteiger partial charge is 0.378 e. The smallest absolute Gasteiger partial charge is 0.0604 e. The molecule has 3 fully saturated rings. The molecule has 1 aliphatic carbocycles. The Morgan fingerprint density at radius 1 is 1.24 bits per heavy atom. The van der Waals surface area contributed by atoms with E-state index in [1.807, 2.05) is 0 Å². The van der Waals surface area contributed by atoms with Gasteiger partial charge in [0.05, 0.1) is 6.10 Å². The van der Waals surface area contributed by atoms with Crippen LogP contribution < -0.4 is 5.32 Å². The van der Waals surface area contributed by atoms with E-state index in [-0.39, 0.29) is 0 Å². The summed E-state index contributed by atoms with van der Waals surface area (Å²) in [4.78, 5) is 2.81. The van der Waals surface area contributed by atoms with Gasteiger partial charge in [0.25, 0.3) is 0 Å². The van der Waals surface area contributed by atoms with Gasteiger partial charge in [-0.1, -0.05) is 6.92 Å². The van der Waals surface area contributed by atoms with Crippen molar-refractivity contribution in [1.29, 1.82) is 0 Å². The van der Waals surface area contributed by atoms with Gasteiger partial charge in [-0.05, 0) is 51.1 Å². The Hall–Kier alpha value is -0.120. The molecule has 0 spiro atoms. The molecule has 3 nitrogen and oxygen atoms in total. The molecule has 2 aliphatic heterocycles. The van der Waals surface area contributed by atoms with Gasteiger partial charge in [0.15, 0.2) is 0 Å². The molecule has 98 valence electrons. The summed E-state index contributed by atoms with van der Waals surface area (Å²) < 4.78 is 5.69. The van der Waals surface area contributed by atoms with E-state index in [1.165, 1.54) is 38.9 Å². The normalized spacial score (nSPS) is 45.9. The first-order valence-corrected chi connectivity index (χ1v) is 7.41. The zero-order valence-corrected chi connectivity index (χ0v) is 11.2. The Morgan fingerprint density at radius 2 is 2.06 bits per heavy atom. The lowest BCUT2D eigenvalue weighted by Gasteiger charge is -2.44. The molecule has 0 aromatic rings. The third-order valence-corrected chi connectivity index (χ3v) is 5.12. The van der Waals surface area contributed by atoms with Gasteiger partial charge in [-0.3, -0.25) is 4.90 Å². The molecule has 3 rings (SSSR count). The van der Waals surface area contributed by atoms with Crippen LogP contribution in [0.3, 0.4) is 0 Å². The monoisotopic (exact) mass is 238 g/mol.